The Morgan fingerprint density at radius 3 is 2.40 bits per heavy atom. The molecular formula is C21H24O7S2. The van der Waals surface area contributed by atoms with Crippen LogP contribution in [0.25, 0.3) is 9.40 Å². The van der Waals surface area contributed by atoms with Crippen molar-refractivity contribution >= 4 is 32.1 Å². The van der Waals surface area contributed by atoms with Gasteiger partial charge in [0.25, 0.3) is 0 Å². The van der Waals surface area contributed by atoms with Crippen LogP contribution < -0.4 is 9.47 Å². The molecule has 3 aromatic rings. The molecule has 0 spiro atoms. The van der Waals surface area contributed by atoms with Crippen molar-refractivity contribution in [3.8, 4) is 11.5 Å². The Morgan fingerprint density at radius 2 is 1.73 bits per heavy atom. The predicted molar refractivity (Wildman–Crippen MR) is 115 cm³/mol. The molecule has 7 nitrogen and oxygen atoms in total. The van der Waals surface area contributed by atoms with E-state index in [0.29, 0.717) is 23.5 Å². The van der Waals surface area contributed by atoms with E-state index in [-0.39, 0.29) is 0 Å². The molecule has 0 amide bonds. The van der Waals surface area contributed by atoms with Crippen LogP contribution in [0.4, 0.5) is 0 Å². The highest BCUT2D eigenvalue weighted by Crippen LogP contribution is 2.41. The van der Waals surface area contributed by atoms with Gasteiger partial charge in [-0.2, -0.15) is 0 Å². The minimum Gasteiger partial charge on any atom is -0.496 e. The zero-order chi connectivity index (χ0) is 21.4. The molecule has 3 heterocycles. The Kier molecular flexibility index (Phi) is 6.31. The van der Waals surface area contributed by atoms with Crippen LogP contribution in [0.15, 0.2) is 29.6 Å². The van der Waals surface area contributed by atoms with Gasteiger partial charge in [0.1, 0.15) is 42.0 Å². The first kappa shape index (κ1) is 21.5. The van der Waals surface area contributed by atoms with E-state index in [9.17, 15) is 20.4 Å². The number of fused-ring (bicyclic) bond motifs is 1. The monoisotopic (exact) mass is 452 g/mol. The summed E-state index contributed by atoms with van der Waals surface area (Å²) in [4.78, 5) is 1.17. The Bertz CT molecular complexity index is 984. The summed E-state index contributed by atoms with van der Waals surface area (Å²) in [5, 5.41) is 42.4. The predicted octanol–water partition coefficient (Wildman–Crippen LogP) is 2.09. The first-order valence-electron chi connectivity index (χ1n) is 9.48. The Hall–Kier alpha value is -1.72. The van der Waals surface area contributed by atoms with Crippen LogP contribution in [0.3, 0.4) is 0 Å². The summed E-state index contributed by atoms with van der Waals surface area (Å²) in [5.74, 6) is 1.06. The second kappa shape index (κ2) is 8.80. The molecule has 1 saturated heterocycles. The maximum Gasteiger partial charge on any atom is 0.128 e. The molecule has 2 aromatic heterocycles. The van der Waals surface area contributed by atoms with Crippen LogP contribution in [0.2, 0.25) is 0 Å². The largest absolute Gasteiger partial charge is 0.496 e. The van der Waals surface area contributed by atoms with Crippen molar-refractivity contribution in [1.82, 2.24) is 0 Å². The third kappa shape index (κ3) is 3.82. The van der Waals surface area contributed by atoms with Gasteiger partial charge in [-0.25, -0.2) is 0 Å². The Balaban J connectivity index is 1.73. The molecule has 4 rings (SSSR count). The third-order valence-electron chi connectivity index (χ3n) is 5.39. The van der Waals surface area contributed by atoms with Crippen molar-refractivity contribution in [2.24, 2.45) is 0 Å². The minimum absolute atomic E-state index is 0.423. The molecule has 1 fully saturated rings. The zero-order valence-corrected chi connectivity index (χ0v) is 18.2. The number of aliphatic hydroxyl groups excluding tert-OH is 4. The number of methoxy groups -OCH3 is 2. The fourth-order valence-electron chi connectivity index (χ4n) is 3.80. The molecule has 2 unspecified atom stereocenters. The molecule has 30 heavy (non-hydrogen) atoms. The van der Waals surface area contributed by atoms with E-state index in [1.807, 2.05) is 6.07 Å². The molecule has 0 aliphatic carbocycles. The average Bonchev–Trinajstić information content (AvgIpc) is 3.34. The van der Waals surface area contributed by atoms with Gasteiger partial charge >= 0.3 is 0 Å². The first-order chi connectivity index (χ1) is 14.5. The van der Waals surface area contributed by atoms with Crippen molar-refractivity contribution in [3.63, 3.8) is 0 Å². The SMILES string of the molecule is COc1cc(OC)c([C@@H]2OC(CO)[C@@H](O)C(O)[C@H]2O)cc1Cc1cc2sccc2s1. The lowest BCUT2D eigenvalue weighted by atomic mass is 9.89. The molecule has 1 aliphatic heterocycles. The van der Waals surface area contributed by atoms with E-state index in [1.165, 1.54) is 21.4 Å². The van der Waals surface area contributed by atoms with Gasteiger partial charge in [-0.3, -0.25) is 0 Å². The lowest BCUT2D eigenvalue weighted by Crippen LogP contribution is -2.55. The lowest BCUT2D eigenvalue weighted by Gasteiger charge is -2.40. The average molecular weight is 453 g/mol. The van der Waals surface area contributed by atoms with E-state index in [0.717, 1.165) is 5.56 Å². The molecule has 162 valence electrons. The van der Waals surface area contributed by atoms with Gasteiger partial charge in [0, 0.05) is 32.3 Å². The number of aliphatic hydroxyl groups is 4. The lowest BCUT2D eigenvalue weighted by molar-refractivity contribution is -0.232. The zero-order valence-electron chi connectivity index (χ0n) is 16.5. The summed E-state index contributed by atoms with van der Waals surface area (Å²) in [6.07, 6.45) is -5.61. The summed E-state index contributed by atoms with van der Waals surface area (Å²) >= 11 is 3.41. The molecule has 9 heteroatoms. The molecule has 1 aliphatic rings. The van der Waals surface area contributed by atoms with Gasteiger partial charge in [-0.05, 0) is 29.1 Å². The molecule has 0 saturated carbocycles. The summed E-state index contributed by atoms with van der Waals surface area (Å²) in [7, 11) is 3.08. The van der Waals surface area contributed by atoms with Crippen LogP contribution in [-0.2, 0) is 11.2 Å². The number of benzene rings is 1. The molecule has 0 bridgehead atoms. The first-order valence-corrected chi connectivity index (χ1v) is 11.2. The Morgan fingerprint density at radius 1 is 0.967 bits per heavy atom. The van der Waals surface area contributed by atoms with Crippen molar-refractivity contribution in [3.05, 3.63) is 45.6 Å². The fourth-order valence-corrected chi connectivity index (χ4v) is 5.96. The van der Waals surface area contributed by atoms with Gasteiger partial charge in [-0.15, -0.1) is 22.7 Å². The standard InChI is InChI=1S/C21H24O7S2/c1-26-13-8-14(27-2)12(21-20(25)19(24)18(23)15(9-22)28-21)6-10(13)5-11-7-17-16(30-11)3-4-29-17/h3-4,6-8,15,18-25H,5,9H2,1-2H3/t15?,18-,19?,20-,21+/m1/s1. The van der Waals surface area contributed by atoms with Crippen molar-refractivity contribution in [2.45, 2.75) is 36.9 Å². The van der Waals surface area contributed by atoms with Gasteiger partial charge in [-0.1, -0.05) is 0 Å². The third-order valence-corrected chi connectivity index (χ3v) is 7.48. The minimum atomic E-state index is -1.46. The second-order valence-electron chi connectivity index (χ2n) is 7.19. The van der Waals surface area contributed by atoms with E-state index >= 15 is 0 Å². The maximum atomic E-state index is 10.6. The highest BCUT2D eigenvalue weighted by molar-refractivity contribution is 7.26. The number of rotatable bonds is 6. The van der Waals surface area contributed by atoms with Crippen LogP contribution in [0.1, 0.15) is 22.1 Å². The molecule has 4 N–H and O–H groups in total. The van der Waals surface area contributed by atoms with Crippen LogP contribution in [0, 0.1) is 0 Å². The van der Waals surface area contributed by atoms with Crippen LogP contribution in [-0.4, -0.2) is 65.7 Å². The van der Waals surface area contributed by atoms with Gasteiger partial charge in [0.2, 0.25) is 0 Å². The Labute approximate surface area is 181 Å². The number of thiophene rings is 2. The summed E-state index contributed by atoms with van der Waals surface area (Å²) in [6.45, 7) is -0.487. The molecule has 1 aromatic carbocycles. The molecular weight excluding hydrogens is 428 g/mol. The maximum absolute atomic E-state index is 10.6. The van der Waals surface area contributed by atoms with Gasteiger partial charge in [0.05, 0.1) is 20.8 Å². The van der Waals surface area contributed by atoms with E-state index < -0.39 is 37.1 Å². The topological polar surface area (TPSA) is 109 Å². The van der Waals surface area contributed by atoms with Crippen LogP contribution in [0.5, 0.6) is 11.5 Å². The summed E-state index contributed by atoms with van der Waals surface area (Å²) in [6, 6.07) is 7.81. The second-order valence-corrected chi connectivity index (χ2v) is 9.31. The number of ether oxygens (including phenoxy) is 3. The summed E-state index contributed by atoms with van der Waals surface area (Å²) in [5.41, 5.74) is 1.39. The van der Waals surface area contributed by atoms with E-state index in [4.69, 9.17) is 14.2 Å². The van der Waals surface area contributed by atoms with E-state index in [1.54, 1.807) is 35.8 Å². The highest BCUT2D eigenvalue weighted by Gasteiger charge is 2.45. The number of hydrogen-bond donors (Lipinski definition) is 4. The van der Waals surface area contributed by atoms with Crippen molar-refractivity contribution in [2.75, 3.05) is 20.8 Å². The van der Waals surface area contributed by atoms with Crippen molar-refractivity contribution in [1.29, 1.82) is 0 Å². The molecule has 0 radical (unpaired) electrons. The van der Waals surface area contributed by atoms with Crippen molar-refractivity contribution < 1.29 is 34.6 Å². The van der Waals surface area contributed by atoms with Gasteiger partial charge < -0.3 is 34.6 Å². The van der Waals surface area contributed by atoms with Gasteiger partial charge in [0.15, 0.2) is 0 Å². The summed E-state index contributed by atoms with van der Waals surface area (Å²) < 4.78 is 19.3. The van der Waals surface area contributed by atoms with Crippen LogP contribution >= 0.6 is 22.7 Å². The highest BCUT2D eigenvalue weighted by atomic mass is 32.1. The van der Waals surface area contributed by atoms with E-state index in [2.05, 4.69) is 17.5 Å². The quantitative estimate of drug-likeness (QED) is 0.453. The number of hydrogen-bond acceptors (Lipinski definition) is 9. The smallest absolute Gasteiger partial charge is 0.128 e. The fraction of sp³-hybridized carbons (Fsp3) is 0.429. The normalized spacial score (nSPS) is 26.8. The molecule has 5 atom stereocenters.